The number of carbonyl (C=O) groups excluding carboxylic acids is 2. The van der Waals surface area contributed by atoms with Crippen molar-refractivity contribution in [3.05, 3.63) is 0 Å². The molecular formula is C16H26N2O3. The molecule has 3 N–H and O–H groups in total. The van der Waals surface area contributed by atoms with Crippen molar-refractivity contribution in [3.63, 3.8) is 0 Å². The summed E-state index contributed by atoms with van der Waals surface area (Å²) in [6, 6.07) is 0.0540. The van der Waals surface area contributed by atoms with Gasteiger partial charge in [0.2, 0.25) is 0 Å². The van der Waals surface area contributed by atoms with Crippen LogP contribution in [-0.4, -0.2) is 36.1 Å². The van der Waals surface area contributed by atoms with Gasteiger partial charge < -0.3 is 15.7 Å². The van der Waals surface area contributed by atoms with Crippen LogP contribution < -0.4 is 10.6 Å². The van der Waals surface area contributed by atoms with E-state index in [1.54, 1.807) is 0 Å². The summed E-state index contributed by atoms with van der Waals surface area (Å²) in [5, 5.41) is 14.0. The van der Waals surface area contributed by atoms with Gasteiger partial charge in [0, 0.05) is 12.6 Å². The Morgan fingerprint density at radius 2 is 1.62 bits per heavy atom. The van der Waals surface area contributed by atoms with Gasteiger partial charge in [0.25, 0.3) is 0 Å². The molecule has 2 amide bonds. The lowest BCUT2D eigenvalue weighted by Crippen LogP contribution is -2.57. The Morgan fingerprint density at radius 3 is 2.10 bits per heavy atom. The van der Waals surface area contributed by atoms with Crippen LogP contribution in [0.4, 0.5) is 0 Å². The SMILES string of the molecule is CC(NC(=O)C(=O)NCCO)C12CC3CC(CC(C3)C1)C2. The van der Waals surface area contributed by atoms with Crippen LogP contribution in [0.2, 0.25) is 0 Å². The van der Waals surface area contributed by atoms with Crippen LogP contribution in [0.15, 0.2) is 0 Å². The van der Waals surface area contributed by atoms with Crippen LogP contribution in [0, 0.1) is 23.2 Å². The molecule has 4 aliphatic rings. The Kier molecular flexibility index (Phi) is 3.95. The summed E-state index contributed by atoms with van der Waals surface area (Å²) in [7, 11) is 0. The summed E-state index contributed by atoms with van der Waals surface area (Å²) in [5.41, 5.74) is 0.210. The van der Waals surface area contributed by atoms with Crippen molar-refractivity contribution in [2.75, 3.05) is 13.2 Å². The number of carbonyl (C=O) groups is 2. The second kappa shape index (κ2) is 5.59. The standard InChI is InChI=1S/C16H26N2O3/c1-10(18-15(21)14(20)17-2-3-19)16-7-11-4-12(8-16)6-13(5-11)9-16/h10-13,19H,2-9H2,1H3,(H,17,20)(H,18,21). The largest absolute Gasteiger partial charge is 0.395 e. The molecule has 118 valence electrons. The number of hydrogen-bond acceptors (Lipinski definition) is 3. The third kappa shape index (κ3) is 2.80. The zero-order valence-electron chi connectivity index (χ0n) is 12.7. The first-order chi connectivity index (χ1) is 10.0. The summed E-state index contributed by atoms with van der Waals surface area (Å²) in [4.78, 5) is 23.6. The van der Waals surface area contributed by atoms with Crippen molar-refractivity contribution < 1.29 is 14.7 Å². The van der Waals surface area contributed by atoms with Gasteiger partial charge in [-0.1, -0.05) is 0 Å². The van der Waals surface area contributed by atoms with Gasteiger partial charge in [-0.2, -0.15) is 0 Å². The van der Waals surface area contributed by atoms with Crippen molar-refractivity contribution >= 4 is 11.8 Å². The number of rotatable bonds is 4. The van der Waals surface area contributed by atoms with E-state index in [2.05, 4.69) is 17.6 Å². The van der Waals surface area contributed by atoms with Gasteiger partial charge in [0.05, 0.1) is 6.61 Å². The monoisotopic (exact) mass is 294 g/mol. The van der Waals surface area contributed by atoms with Crippen molar-refractivity contribution in [3.8, 4) is 0 Å². The number of nitrogens with one attached hydrogen (secondary N) is 2. The molecule has 0 aromatic carbocycles. The molecule has 21 heavy (non-hydrogen) atoms. The highest BCUT2D eigenvalue weighted by Gasteiger charge is 2.53. The topological polar surface area (TPSA) is 78.4 Å². The minimum Gasteiger partial charge on any atom is -0.395 e. The van der Waals surface area contributed by atoms with Gasteiger partial charge in [-0.15, -0.1) is 0 Å². The average Bonchev–Trinajstić information content (AvgIpc) is 2.43. The van der Waals surface area contributed by atoms with Crippen LogP contribution in [0.1, 0.15) is 45.4 Å². The maximum Gasteiger partial charge on any atom is 0.309 e. The molecule has 0 saturated heterocycles. The molecule has 5 heteroatoms. The van der Waals surface area contributed by atoms with E-state index >= 15 is 0 Å². The van der Waals surface area contributed by atoms with E-state index < -0.39 is 11.8 Å². The maximum absolute atomic E-state index is 11.9. The molecular weight excluding hydrogens is 268 g/mol. The van der Waals surface area contributed by atoms with Crippen LogP contribution in [0.25, 0.3) is 0 Å². The van der Waals surface area contributed by atoms with Crippen molar-refractivity contribution in [2.45, 2.75) is 51.5 Å². The lowest BCUT2D eigenvalue weighted by atomic mass is 9.48. The Bertz CT molecular complexity index is 400. The summed E-state index contributed by atoms with van der Waals surface area (Å²) in [5.74, 6) is 1.30. The molecule has 1 atom stereocenters. The van der Waals surface area contributed by atoms with E-state index in [0.717, 1.165) is 17.8 Å². The van der Waals surface area contributed by atoms with Crippen LogP contribution in [0.5, 0.6) is 0 Å². The van der Waals surface area contributed by atoms with E-state index in [4.69, 9.17) is 5.11 Å². The number of aliphatic hydroxyl groups excluding tert-OH is 1. The molecule has 0 heterocycles. The minimum absolute atomic E-state index is 0.0540. The highest BCUT2D eigenvalue weighted by Crippen LogP contribution is 2.61. The molecule has 0 radical (unpaired) electrons. The van der Waals surface area contributed by atoms with Crippen molar-refractivity contribution in [1.29, 1.82) is 0 Å². The predicted octanol–water partition coefficient (Wildman–Crippen LogP) is 0.816. The highest BCUT2D eigenvalue weighted by molar-refractivity contribution is 6.35. The third-order valence-corrected chi connectivity index (χ3v) is 5.96. The van der Waals surface area contributed by atoms with Gasteiger partial charge in [-0.05, 0) is 68.6 Å². The minimum atomic E-state index is -0.638. The van der Waals surface area contributed by atoms with Gasteiger partial charge in [-0.3, -0.25) is 9.59 Å². The summed E-state index contributed by atoms with van der Waals surface area (Å²) < 4.78 is 0. The molecule has 0 aromatic rings. The van der Waals surface area contributed by atoms with Crippen LogP contribution in [-0.2, 0) is 9.59 Å². The Balaban J connectivity index is 1.61. The lowest BCUT2D eigenvalue weighted by Gasteiger charge is -2.59. The Hall–Kier alpha value is -1.10. The maximum atomic E-state index is 11.9. The molecule has 4 rings (SSSR count). The van der Waals surface area contributed by atoms with E-state index in [1.807, 2.05) is 0 Å². The normalized spacial score (nSPS) is 38.1. The molecule has 5 nitrogen and oxygen atoms in total. The molecule has 0 aliphatic heterocycles. The number of amides is 2. The zero-order chi connectivity index (χ0) is 15.0. The molecule has 4 fully saturated rings. The Morgan fingerprint density at radius 1 is 1.10 bits per heavy atom. The molecule has 4 saturated carbocycles. The van der Waals surface area contributed by atoms with E-state index in [1.165, 1.54) is 38.5 Å². The van der Waals surface area contributed by atoms with E-state index in [-0.39, 0.29) is 24.6 Å². The third-order valence-electron chi connectivity index (χ3n) is 5.96. The second-order valence-corrected chi connectivity index (χ2v) is 7.45. The number of aliphatic hydroxyl groups is 1. The fourth-order valence-electron chi connectivity index (χ4n) is 5.37. The first-order valence-electron chi connectivity index (χ1n) is 8.22. The zero-order valence-corrected chi connectivity index (χ0v) is 12.7. The highest BCUT2D eigenvalue weighted by atomic mass is 16.3. The van der Waals surface area contributed by atoms with E-state index in [9.17, 15) is 9.59 Å². The van der Waals surface area contributed by atoms with Crippen LogP contribution in [0.3, 0.4) is 0 Å². The molecule has 1 unspecified atom stereocenters. The predicted molar refractivity (Wildman–Crippen MR) is 78.3 cm³/mol. The molecule has 4 aliphatic carbocycles. The average molecular weight is 294 g/mol. The summed E-state index contributed by atoms with van der Waals surface area (Å²) >= 11 is 0. The van der Waals surface area contributed by atoms with Gasteiger partial charge >= 0.3 is 11.8 Å². The Labute approximate surface area is 125 Å². The van der Waals surface area contributed by atoms with Crippen molar-refractivity contribution in [1.82, 2.24) is 10.6 Å². The lowest BCUT2D eigenvalue weighted by molar-refractivity contribution is -0.141. The first kappa shape index (κ1) is 14.8. The van der Waals surface area contributed by atoms with Gasteiger partial charge in [0.15, 0.2) is 0 Å². The molecule has 4 bridgehead atoms. The molecule has 0 spiro atoms. The first-order valence-corrected chi connectivity index (χ1v) is 8.22. The second-order valence-electron chi connectivity index (χ2n) is 7.45. The smallest absolute Gasteiger partial charge is 0.309 e. The van der Waals surface area contributed by atoms with Crippen molar-refractivity contribution in [2.24, 2.45) is 23.2 Å². The fourth-order valence-corrected chi connectivity index (χ4v) is 5.37. The van der Waals surface area contributed by atoms with E-state index in [0.29, 0.717) is 0 Å². The quantitative estimate of drug-likeness (QED) is 0.672. The summed E-state index contributed by atoms with van der Waals surface area (Å²) in [6.07, 6.45) is 7.74. The molecule has 0 aromatic heterocycles. The number of hydrogen-bond donors (Lipinski definition) is 3. The summed E-state index contributed by atoms with van der Waals surface area (Å²) in [6.45, 7) is 2.03. The van der Waals surface area contributed by atoms with Gasteiger partial charge in [-0.25, -0.2) is 0 Å². The van der Waals surface area contributed by atoms with Gasteiger partial charge in [0.1, 0.15) is 0 Å². The fraction of sp³-hybridized carbons (Fsp3) is 0.875. The van der Waals surface area contributed by atoms with Crippen LogP contribution >= 0.6 is 0 Å².